The van der Waals surface area contributed by atoms with Gasteiger partial charge in [-0.15, -0.1) is 0 Å². The lowest BCUT2D eigenvalue weighted by molar-refractivity contribution is -0.717. The Morgan fingerprint density at radius 1 is 1.36 bits per heavy atom. The second-order valence-electron chi connectivity index (χ2n) is 8.02. The number of fused-ring (bicyclic) bond motifs is 1. The number of carboxylic acid groups (broad SMARTS) is 1. The predicted molar refractivity (Wildman–Crippen MR) is 94.8 cm³/mol. The van der Waals surface area contributed by atoms with Gasteiger partial charge in [0.25, 0.3) is 0 Å². The molecule has 8 heteroatoms. The molecule has 1 unspecified atom stereocenters. The van der Waals surface area contributed by atoms with Gasteiger partial charge in [0.1, 0.15) is 12.0 Å². The fourth-order valence-corrected chi connectivity index (χ4v) is 3.90. The smallest absolute Gasteiger partial charge is 0.430 e. The number of alkyl halides is 3. The van der Waals surface area contributed by atoms with Crippen molar-refractivity contribution in [3.05, 3.63) is 35.9 Å². The number of hydrogen-bond donors (Lipinski definition) is 1. The van der Waals surface area contributed by atoms with E-state index in [1.54, 1.807) is 6.92 Å². The molecule has 0 aromatic heterocycles. The number of carboxylic acids is 1. The summed E-state index contributed by atoms with van der Waals surface area (Å²) in [6.45, 7) is 7.04. The van der Waals surface area contributed by atoms with Gasteiger partial charge in [-0.2, -0.15) is 13.2 Å². The van der Waals surface area contributed by atoms with Crippen molar-refractivity contribution in [2.45, 2.75) is 39.5 Å². The van der Waals surface area contributed by atoms with Crippen molar-refractivity contribution in [2.75, 3.05) is 19.6 Å². The van der Waals surface area contributed by atoms with Gasteiger partial charge in [0, 0.05) is 25.0 Å². The molecule has 1 aromatic rings. The van der Waals surface area contributed by atoms with E-state index < -0.39 is 24.6 Å². The Bertz CT molecular complexity index is 772. The summed E-state index contributed by atoms with van der Waals surface area (Å²) in [7, 11) is 0. The van der Waals surface area contributed by atoms with Gasteiger partial charge in [0.15, 0.2) is 5.78 Å². The van der Waals surface area contributed by atoms with Gasteiger partial charge >= 0.3 is 6.18 Å². The van der Waals surface area contributed by atoms with Crippen LogP contribution >= 0.6 is 0 Å². The van der Waals surface area contributed by atoms with Crippen molar-refractivity contribution in [3.8, 4) is 0 Å². The number of quaternary nitrogens is 1. The van der Waals surface area contributed by atoms with Crippen LogP contribution in [0.1, 0.15) is 29.1 Å². The molecule has 2 aliphatic heterocycles. The average molecular weight is 402 g/mol. The van der Waals surface area contributed by atoms with Gasteiger partial charge in [-0.05, 0) is 5.56 Å². The first kappa shape index (κ1) is 19.4. The minimum absolute atomic E-state index is 0.0215. The van der Waals surface area contributed by atoms with E-state index in [4.69, 9.17) is 12.6 Å². The van der Waals surface area contributed by atoms with Crippen LogP contribution in [0.5, 0.6) is 0 Å². The number of nitrogens with two attached hydrogens (primary N) is 1. The van der Waals surface area contributed by atoms with Crippen molar-refractivity contribution >= 4 is 11.8 Å². The Kier molecular flexibility index (Phi) is 5.96. The minimum Gasteiger partial charge on any atom is -0.542 e. The number of aliphatic carboxylic acids is 1. The molecule has 5 nitrogen and oxygen atoms in total. The molecule has 2 heterocycles. The van der Waals surface area contributed by atoms with Crippen LogP contribution < -0.4 is 10.4 Å². The highest BCUT2D eigenvalue weighted by atomic mass is 19.4. The van der Waals surface area contributed by atoms with Crippen LogP contribution in [-0.4, -0.2) is 48.5 Å². The molecular formula is C20H27F3N2O3. The Morgan fingerprint density at radius 2 is 1.93 bits per heavy atom. The lowest BCUT2D eigenvalue weighted by Gasteiger charge is -2.49. The maximum Gasteiger partial charge on any atom is 0.430 e. The molecule has 0 saturated carbocycles. The summed E-state index contributed by atoms with van der Waals surface area (Å²) in [4.78, 5) is 23.9. The molecule has 0 amide bonds. The zero-order chi connectivity index (χ0) is 22.9. The largest absolute Gasteiger partial charge is 0.542 e. The average Bonchev–Trinajstić information content (AvgIpc) is 2.61. The zero-order valence-corrected chi connectivity index (χ0v) is 16.1. The molecule has 2 saturated heterocycles. The molecule has 3 rings (SSSR count). The topological polar surface area (TPSA) is 77.0 Å². The number of halogens is 3. The van der Waals surface area contributed by atoms with Gasteiger partial charge in [-0.1, -0.05) is 51.1 Å². The van der Waals surface area contributed by atoms with Gasteiger partial charge in [-0.25, -0.2) is 0 Å². The molecule has 0 radical (unpaired) electrons. The van der Waals surface area contributed by atoms with Gasteiger partial charge in [-0.3, -0.25) is 9.69 Å². The standard InChI is InChI=1S/C18H26N2O.C2HF3O2/c1-13-9-19-17-15(16(13)21)11-20(12-18(17,2)3)10-14-7-5-4-6-8-14;3-2(4,5)1(6)7/h4-8,13,15,17,19H,9-12H2,1-3H3;(H,6,7)/t13?,15-,17-;/m1./s1/i9D2;. The first-order valence-electron chi connectivity index (χ1n) is 10.1. The zero-order valence-electron chi connectivity index (χ0n) is 18.1. The SMILES string of the molecule is O=C([O-])C(F)(F)F.[2H]C1([2H])[NH2+][C@@H]2[C@H](CN(Cc3ccccc3)CC2(C)C)C(=O)C1C. The molecule has 2 N–H and O–H groups in total. The van der Waals surface area contributed by atoms with E-state index in [0.29, 0.717) is 0 Å². The Hall–Kier alpha value is -1.93. The number of carbonyl (C=O) groups is 2. The van der Waals surface area contributed by atoms with E-state index >= 15 is 0 Å². The van der Waals surface area contributed by atoms with E-state index in [9.17, 15) is 18.0 Å². The molecule has 156 valence electrons. The third kappa shape index (κ3) is 5.54. The van der Waals surface area contributed by atoms with Crippen molar-refractivity contribution < 1.29 is 35.9 Å². The first-order chi connectivity index (χ1) is 13.6. The number of piperidine rings is 2. The lowest BCUT2D eigenvalue weighted by atomic mass is 9.68. The highest BCUT2D eigenvalue weighted by Gasteiger charge is 2.51. The van der Waals surface area contributed by atoms with E-state index in [0.717, 1.165) is 19.6 Å². The maximum absolute atomic E-state index is 12.8. The first-order valence-corrected chi connectivity index (χ1v) is 9.09. The summed E-state index contributed by atoms with van der Waals surface area (Å²) in [5.41, 5.74) is 1.17. The normalized spacial score (nSPS) is 30.2. The number of ketones is 1. The summed E-state index contributed by atoms with van der Waals surface area (Å²) in [5.74, 6) is -3.54. The number of benzene rings is 1. The third-order valence-electron chi connectivity index (χ3n) is 5.22. The van der Waals surface area contributed by atoms with Crippen LogP contribution in [0.4, 0.5) is 13.2 Å². The van der Waals surface area contributed by atoms with Crippen LogP contribution in [0.2, 0.25) is 0 Å². The van der Waals surface area contributed by atoms with Gasteiger partial charge in [0.05, 0.1) is 21.1 Å². The van der Waals surface area contributed by atoms with E-state index in [1.165, 1.54) is 5.56 Å². The Labute approximate surface area is 165 Å². The highest BCUT2D eigenvalue weighted by Crippen LogP contribution is 2.34. The van der Waals surface area contributed by atoms with Crippen LogP contribution in [0.15, 0.2) is 30.3 Å². The van der Waals surface area contributed by atoms with Crippen molar-refractivity contribution in [3.63, 3.8) is 0 Å². The summed E-state index contributed by atoms with van der Waals surface area (Å²) >= 11 is 0. The maximum atomic E-state index is 12.8. The Morgan fingerprint density at radius 3 is 2.46 bits per heavy atom. The van der Waals surface area contributed by atoms with E-state index in [2.05, 4.69) is 30.9 Å². The molecule has 0 bridgehead atoms. The summed E-state index contributed by atoms with van der Waals surface area (Å²) < 4.78 is 47.9. The Balaban J connectivity index is 0.000000396. The predicted octanol–water partition coefficient (Wildman–Crippen LogP) is 0.594. The van der Waals surface area contributed by atoms with Gasteiger partial charge in [0.2, 0.25) is 0 Å². The molecule has 3 atom stereocenters. The van der Waals surface area contributed by atoms with E-state index in [-0.39, 0.29) is 23.2 Å². The molecule has 2 fully saturated rings. The van der Waals surface area contributed by atoms with Crippen LogP contribution in [0.3, 0.4) is 0 Å². The van der Waals surface area contributed by atoms with Crippen molar-refractivity contribution in [1.82, 2.24) is 4.90 Å². The molecule has 1 aromatic carbocycles. The number of rotatable bonds is 2. The van der Waals surface area contributed by atoms with Gasteiger partial charge < -0.3 is 15.2 Å². The number of nitrogens with zero attached hydrogens (tertiary/aromatic N) is 1. The summed E-state index contributed by atoms with van der Waals surface area (Å²) in [5, 5.41) is 10.6. The second kappa shape index (κ2) is 8.61. The lowest BCUT2D eigenvalue weighted by Crippen LogP contribution is -2.99. The molecule has 0 aliphatic carbocycles. The molecule has 28 heavy (non-hydrogen) atoms. The van der Waals surface area contributed by atoms with Crippen molar-refractivity contribution in [2.24, 2.45) is 17.3 Å². The number of carbonyl (C=O) groups excluding carboxylic acids is 2. The minimum atomic E-state index is -5.19. The third-order valence-corrected chi connectivity index (χ3v) is 5.22. The molecular weight excluding hydrogens is 373 g/mol. The molecule has 2 aliphatic rings. The fourth-order valence-electron chi connectivity index (χ4n) is 3.90. The fraction of sp³-hybridized carbons (Fsp3) is 0.600. The van der Waals surface area contributed by atoms with Crippen molar-refractivity contribution in [1.29, 1.82) is 0 Å². The highest BCUT2D eigenvalue weighted by molar-refractivity contribution is 5.84. The van der Waals surface area contributed by atoms with Crippen LogP contribution in [-0.2, 0) is 16.1 Å². The monoisotopic (exact) mass is 402 g/mol. The quantitative estimate of drug-likeness (QED) is 0.786. The van der Waals surface area contributed by atoms with Crippen LogP contribution in [0.25, 0.3) is 0 Å². The number of likely N-dealkylation sites (tertiary alicyclic amines) is 1. The summed E-state index contributed by atoms with van der Waals surface area (Å²) in [6, 6.07) is 10.4. The van der Waals surface area contributed by atoms with Crippen LogP contribution in [0, 0.1) is 17.3 Å². The number of hydrogen-bond acceptors (Lipinski definition) is 4. The molecule has 0 spiro atoms. The second-order valence-corrected chi connectivity index (χ2v) is 8.02. The number of Topliss-reactive ketones (excluding diaryl/α,β-unsaturated/α-hetero) is 1. The van der Waals surface area contributed by atoms with E-state index in [1.807, 2.05) is 23.5 Å². The summed E-state index contributed by atoms with van der Waals surface area (Å²) in [6.07, 6.45) is -5.19.